The van der Waals surface area contributed by atoms with Crippen molar-refractivity contribution in [1.82, 2.24) is 9.88 Å². The number of piperidine rings is 1. The molecule has 112 valence electrons. The molecule has 0 bridgehead atoms. The number of Topliss-reactive ketones (excluding diaryl/α,β-unsaturated/α-hetero) is 1. The van der Waals surface area contributed by atoms with Gasteiger partial charge in [-0.3, -0.25) is 14.6 Å². The van der Waals surface area contributed by atoms with E-state index in [4.69, 9.17) is 0 Å². The van der Waals surface area contributed by atoms with E-state index >= 15 is 0 Å². The van der Waals surface area contributed by atoms with Crippen LogP contribution in [0.2, 0.25) is 0 Å². The lowest BCUT2D eigenvalue weighted by molar-refractivity contribution is 0.0650. The summed E-state index contributed by atoms with van der Waals surface area (Å²) in [5, 5.41) is 0. The van der Waals surface area contributed by atoms with Crippen molar-refractivity contribution in [2.24, 2.45) is 5.92 Å². The van der Waals surface area contributed by atoms with Gasteiger partial charge in [0.1, 0.15) is 0 Å². The van der Waals surface area contributed by atoms with Crippen LogP contribution in [0.5, 0.6) is 0 Å². The van der Waals surface area contributed by atoms with Crippen molar-refractivity contribution in [2.45, 2.75) is 12.8 Å². The van der Waals surface area contributed by atoms with E-state index in [9.17, 15) is 9.59 Å². The molecule has 2 heterocycles. The van der Waals surface area contributed by atoms with E-state index in [1.54, 1.807) is 24.5 Å². The predicted molar refractivity (Wildman–Crippen MR) is 83.6 cm³/mol. The van der Waals surface area contributed by atoms with E-state index in [1.807, 2.05) is 35.2 Å². The van der Waals surface area contributed by atoms with E-state index in [2.05, 4.69) is 4.98 Å². The molecule has 3 rings (SSSR count). The Balaban J connectivity index is 1.61. The zero-order chi connectivity index (χ0) is 15.4. The number of hydrogen-bond acceptors (Lipinski definition) is 3. The minimum atomic E-state index is -0.00119. The minimum Gasteiger partial charge on any atom is -0.339 e. The molecule has 0 aliphatic carbocycles. The number of carbonyl (C=O) groups is 2. The van der Waals surface area contributed by atoms with Gasteiger partial charge in [-0.15, -0.1) is 0 Å². The molecule has 1 fully saturated rings. The van der Waals surface area contributed by atoms with Crippen LogP contribution >= 0.6 is 0 Å². The van der Waals surface area contributed by atoms with E-state index in [-0.39, 0.29) is 17.6 Å². The Morgan fingerprint density at radius 2 is 1.64 bits per heavy atom. The molecule has 0 N–H and O–H groups in total. The Kier molecular flexibility index (Phi) is 4.28. The Morgan fingerprint density at radius 1 is 0.955 bits per heavy atom. The maximum absolute atomic E-state index is 12.4. The summed E-state index contributed by atoms with van der Waals surface area (Å²) < 4.78 is 0. The highest BCUT2D eigenvalue weighted by Gasteiger charge is 2.28. The third-order valence-electron chi connectivity index (χ3n) is 4.12. The number of carbonyl (C=O) groups excluding carboxylic acids is 2. The number of benzene rings is 1. The fourth-order valence-corrected chi connectivity index (χ4v) is 2.85. The highest BCUT2D eigenvalue weighted by molar-refractivity contribution is 5.98. The SMILES string of the molecule is O=C(c1ccccc1)C1CCN(C(=O)c2cccnc2)CC1. The first-order valence-electron chi connectivity index (χ1n) is 7.54. The molecule has 0 spiro atoms. The lowest BCUT2D eigenvalue weighted by atomic mass is 9.89. The second-order valence-electron chi connectivity index (χ2n) is 5.54. The number of nitrogens with zero attached hydrogens (tertiary/aromatic N) is 2. The van der Waals surface area contributed by atoms with Crippen molar-refractivity contribution in [3.05, 3.63) is 66.0 Å². The Hall–Kier alpha value is -2.49. The summed E-state index contributed by atoms with van der Waals surface area (Å²) in [6.07, 6.45) is 4.69. The Morgan fingerprint density at radius 3 is 2.27 bits per heavy atom. The maximum Gasteiger partial charge on any atom is 0.255 e. The molecule has 0 saturated carbocycles. The summed E-state index contributed by atoms with van der Waals surface area (Å²) in [5.74, 6) is 0.202. The summed E-state index contributed by atoms with van der Waals surface area (Å²) in [5.41, 5.74) is 1.37. The maximum atomic E-state index is 12.4. The molecule has 1 aromatic carbocycles. The van der Waals surface area contributed by atoms with Crippen molar-refractivity contribution in [1.29, 1.82) is 0 Å². The number of pyridine rings is 1. The van der Waals surface area contributed by atoms with Gasteiger partial charge in [0.2, 0.25) is 0 Å². The van der Waals surface area contributed by atoms with Crippen LogP contribution in [0.15, 0.2) is 54.9 Å². The molecule has 1 aliphatic heterocycles. The van der Waals surface area contributed by atoms with E-state index in [1.165, 1.54) is 0 Å². The zero-order valence-corrected chi connectivity index (χ0v) is 12.3. The summed E-state index contributed by atoms with van der Waals surface area (Å²) in [4.78, 5) is 30.6. The van der Waals surface area contributed by atoms with E-state index < -0.39 is 0 Å². The zero-order valence-electron chi connectivity index (χ0n) is 12.3. The predicted octanol–water partition coefficient (Wildman–Crippen LogP) is 2.82. The number of aromatic nitrogens is 1. The number of likely N-dealkylation sites (tertiary alicyclic amines) is 1. The average molecular weight is 294 g/mol. The van der Waals surface area contributed by atoms with Crippen LogP contribution in [-0.4, -0.2) is 34.7 Å². The van der Waals surface area contributed by atoms with Crippen molar-refractivity contribution in [3.8, 4) is 0 Å². The van der Waals surface area contributed by atoms with Gasteiger partial charge in [-0.2, -0.15) is 0 Å². The fourth-order valence-electron chi connectivity index (χ4n) is 2.85. The quantitative estimate of drug-likeness (QED) is 0.818. The second kappa shape index (κ2) is 6.52. The van der Waals surface area contributed by atoms with Crippen molar-refractivity contribution in [3.63, 3.8) is 0 Å². The third-order valence-corrected chi connectivity index (χ3v) is 4.12. The monoisotopic (exact) mass is 294 g/mol. The van der Waals surface area contributed by atoms with Gasteiger partial charge >= 0.3 is 0 Å². The van der Waals surface area contributed by atoms with Crippen LogP contribution in [-0.2, 0) is 0 Å². The molecule has 4 nitrogen and oxygen atoms in total. The summed E-state index contributed by atoms with van der Waals surface area (Å²) in [7, 11) is 0. The molecule has 22 heavy (non-hydrogen) atoms. The first-order valence-corrected chi connectivity index (χ1v) is 7.54. The van der Waals surface area contributed by atoms with Gasteiger partial charge in [-0.05, 0) is 25.0 Å². The lowest BCUT2D eigenvalue weighted by Gasteiger charge is -2.31. The summed E-state index contributed by atoms with van der Waals surface area (Å²) in [6.45, 7) is 1.24. The summed E-state index contributed by atoms with van der Waals surface area (Å²) in [6, 6.07) is 12.9. The molecule has 1 saturated heterocycles. The molecular formula is C18H18N2O2. The first-order chi connectivity index (χ1) is 10.8. The topological polar surface area (TPSA) is 50.3 Å². The van der Waals surface area contributed by atoms with Gasteiger partial charge in [0.25, 0.3) is 5.91 Å². The van der Waals surface area contributed by atoms with Gasteiger partial charge in [-0.1, -0.05) is 30.3 Å². The molecular weight excluding hydrogens is 276 g/mol. The number of ketones is 1. The number of amides is 1. The molecule has 0 unspecified atom stereocenters. The van der Waals surface area contributed by atoms with Gasteiger partial charge in [0, 0.05) is 37.0 Å². The van der Waals surface area contributed by atoms with Crippen LogP contribution in [0.1, 0.15) is 33.6 Å². The molecule has 1 amide bonds. The van der Waals surface area contributed by atoms with Crippen LogP contribution in [0.3, 0.4) is 0 Å². The third kappa shape index (κ3) is 3.06. The molecule has 4 heteroatoms. The highest BCUT2D eigenvalue weighted by atomic mass is 16.2. The van der Waals surface area contributed by atoms with Gasteiger partial charge in [0.15, 0.2) is 5.78 Å². The van der Waals surface area contributed by atoms with E-state index in [0.717, 1.165) is 18.4 Å². The molecule has 2 aromatic rings. The van der Waals surface area contributed by atoms with Crippen molar-refractivity contribution in [2.75, 3.05) is 13.1 Å². The van der Waals surface area contributed by atoms with Crippen LogP contribution < -0.4 is 0 Å². The fraction of sp³-hybridized carbons (Fsp3) is 0.278. The average Bonchev–Trinajstić information content (AvgIpc) is 2.62. The highest BCUT2D eigenvalue weighted by Crippen LogP contribution is 2.22. The summed E-state index contributed by atoms with van der Waals surface area (Å²) >= 11 is 0. The number of rotatable bonds is 3. The second-order valence-corrected chi connectivity index (χ2v) is 5.54. The molecule has 1 aromatic heterocycles. The minimum absolute atomic E-state index is 0.00119. The van der Waals surface area contributed by atoms with E-state index in [0.29, 0.717) is 18.7 Å². The van der Waals surface area contributed by atoms with Crippen molar-refractivity contribution >= 4 is 11.7 Å². The molecule has 1 aliphatic rings. The van der Waals surface area contributed by atoms with Crippen LogP contribution in [0.25, 0.3) is 0 Å². The first kappa shape index (κ1) is 14.4. The lowest BCUT2D eigenvalue weighted by Crippen LogP contribution is -2.40. The largest absolute Gasteiger partial charge is 0.339 e. The number of hydrogen-bond donors (Lipinski definition) is 0. The normalized spacial score (nSPS) is 15.5. The van der Waals surface area contributed by atoms with Crippen molar-refractivity contribution < 1.29 is 9.59 Å². The Bertz CT molecular complexity index is 588. The van der Waals surface area contributed by atoms with Gasteiger partial charge in [-0.25, -0.2) is 0 Å². The standard InChI is InChI=1S/C18H18N2O2/c21-17(14-5-2-1-3-6-14)15-8-11-20(12-9-15)18(22)16-7-4-10-19-13-16/h1-7,10,13,15H,8-9,11-12H2. The van der Waals surface area contributed by atoms with Crippen LogP contribution in [0.4, 0.5) is 0 Å². The smallest absolute Gasteiger partial charge is 0.255 e. The van der Waals surface area contributed by atoms with Gasteiger partial charge < -0.3 is 4.90 Å². The van der Waals surface area contributed by atoms with Crippen LogP contribution in [0, 0.1) is 5.92 Å². The Labute approximate surface area is 129 Å². The molecule has 0 radical (unpaired) electrons. The van der Waals surface area contributed by atoms with Gasteiger partial charge in [0.05, 0.1) is 5.56 Å². The molecule has 0 atom stereocenters.